The zero-order valence-electron chi connectivity index (χ0n) is 17.6. The molecule has 0 saturated carbocycles. The van der Waals surface area contributed by atoms with E-state index in [1.54, 1.807) is 54.6 Å². The van der Waals surface area contributed by atoms with Crippen molar-refractivity contribution < 1.29 is 19.2 Å². The molecule has 2 heterocycles. The highest BCUT2D eigenvalue weighted by Gasteiger charge is 2.48. The number of nitrogens with zero attached hydrogens (tertiary/aromatic N) is 2. The molecule has 0 spiro atoms. The van der Waals surface area contributed by atoms with Crippen LogP contribution in [0.1, 0.15) is 43.7 Å². The molecule has 1 fully saturated rings. The molecule has 0 radical (unpaired) electrons. The molecule has 3 aromatic rings. The van der Waals surface area contributed by atoms with Crippen molar-refractivity contribution in [3.8, 4) is 0 Å². The Bertz CT molecular complexity index is 1220. The number of anilines is 1. The Morgan fingerprint density at radius 1 is 1.09 bits per heavy atom. The van der Waals surface area contributed by atoms with Crippen molar-refractivity contribution >= 4 is 50.8 Å². The summed E-state index contributed by atoms with van der Waals surface area (Å²) in [5.41, 5.74) is 0.652. The normalized spacial score (nSPS) is 18.4. The van der Waals surface area contributed by atoms with E-state index in [4.69, 9.17) is 16.1 Å². The van der Waals surface area contributed by atoms with Gasteiger partial charge in [0, 0.05) is 26.5 Å². The number of Topliss-reactive ketones (excluding diaryl/α,β-unsaturated/α-hetero) is 1. The van der Waals surface area contributed by atoms with Gasteiger partial charge in [-0.2, -0.15) is 0 Å². The molecule has 2 aromatic carbocycles. The van der Waals surface area contributed by atoms with E-state index >= 15 is 0 Å². The second kappa shape index (κ2) is 8.22. The van der Waals surface area contributed by atoms with Crippen LogP contribution in [0.25, 0.3) is 5.76 Å². The predicted octanol–water partition coefficient (Wildman–Crippen LogP) is 6.01. The number of aromatic nitrogens is 1. The van der Waals surface area contributed by atoms with Crippen molar-refractivity contribution in [1.29, 1.82) is 0 Å². The van der Waals surface area contributed by atoms with Gasteiger partial charge in [-0.05, 0) is 29.8 Å². The summed E-state index contributed by atoms with van der Waals surface area (Å²) in [5.74, 6) is -1.09. The number of rotatable bonds is 3. The molecule has 6 nitrogen and oxygen atoms in total. The lowest BCUT2D eigenvalue weighted by atomic mass is 9.93. The van der Waals surface area contributed by atoms with Crippen molar-refractivity contribution in [2.75, 3.05) is 4.90 Å². The summed E-state index contributed by atoms with van der Waals surface area (Å²) >= 11 is 9.41. The largest absolute Gasteiger partial charge is 0.507 e. The van der Waals surface area contributed by atoms with E-state index in [2.05, 4.69) is 21.1 Å². The Morgan fingerprint density at radius 2 is 1.72 bits per heavy atom. The number of hydrogen-bond donors (Lipinski definition) is 1. The second-order valence-electron chi connectivity index (χ2n) is 8.53. The maximum Gasteiger partial charge on any atom is 0.301 e. The molecule has 0 bridgehead atoms. The molecule has 1 saturated heterocycles. The highest BCUT2D eigenvalue weighted by molar-refractivity contribution is 9.10. The van der Waals surface area contributed by atoms with Crippen LogP contribution in [0.5, 0.6) is 0 Å². The van der Waals surface area contributed by atoms with E-state index in [0.29, 0.717) is 21.9 Å². The number of halogens is 2. The molecular weight excluding hydrogens is 496 g/mol. The van der Waals surface area contributed by atoms with Crippen molar-refractivity contribution in [1.82, 2.24) is 5.16 Å². The second-order valence-corrected chi connectivity index (χ2v) is 9.88. The van der Waals surface area contributed by atoms with Crippen LogP contribution in [0.15, 0.2) is 69.2 Å². The Labute approximate surface area is 198 Å². The number of carbonyl (C=O) groups excluding carboxylic acids is 2. The smallest absolute Gasteiger partial charge is 0.301 e. The summed E-state index contributed by atoms with van der Waals surface area (Å²) in [5, 5.41) is 15.7. The van der Waals surface area contributed by atoms with E-state index in [9.17, 15) is 14.7 Å². The molecule has 164 valence electrons. The maximum absolute atomic E-state index is 13.1. The average Bonchev–Trinajstić information content (AvgIpc) is 3.32. The van der Waals surface area contributed by atoms with E-state index in [1.165, 1.54) is 4.90 Å². The number of aliphatic hydroxyl groups excluding tert-OH is 1. The van der Waals surface area contributed by atoms with E-state index in [-0.39, 0.29) is 22.6 Å². The van der Waals surface area contributed by atoms with Crippen LogP contribution in [0.2, 0.25) is 5.02 Å². The van der Waals surface area contributed by atoms with Crippen molar-refractivity contribution in [3.05, 3.63) is 86.6 Å². The van der Waals surface area contributed by atoms with Gasteiger partial charge in [0.1, 0.15) is 11.5 Å². The van der Waals surface area contributed by atoms with Crippen molar-refractivity contribution in [2.45, 2.75) is 32.2 Å². The molecule has 1 aliphatic heterocycles. The molecule has 1 atom stereocenters. The summed E-state index contributed by atoms with van der Waals surface area (Å²) in [6.45, 7) is 5.86. The third kappa shape index (κ3) is 3.98. The van der Waals surface area contributed by atoms with E-state index < -0.39 is 17.7 Å². The van der Waals surface area contributed by atoms with Gasteiger partial charge >= 0.3 is 5.91 Å². The SMILES string of the molecule is CC(C)(C)c1cc(N2C(=O)C(=O)C(=C(O)c3ccc(Br)cc3)C2c2ccc(Cl)cc2)no1. The van der Waals surface area contributed by atoms with Crippen LogP contribution in [0.4, 0.5) is 5.82 Å². The number of benzene rings is 2. The summed E-state index contributed by atoms with van der Waals surface area (Å²) in [6, 6.07) is 14.3. The Hall–Kier alpha value is -2.90. The fourth-order valence-corrected chi connectivity index (χ4v) is 3.92. The molecule has 1 N–H and O–H groups in total. The van der Waals surface area contributed by atoms with Gasteiger partial charge in [-0.25, -0.2) is 0 Å². The van der Waals surface area contributed by atoms with Crippen molar-refractivity contribution in [3.63, 3.8) is 0 Å². The summed E-state index contributed by atoms with van der Waals surface area (Å²) in [4.78, 5) is 27.5. The van der Waals surface area contributed by atoms with E-state index in [0.717, 1.165) is 4.47 Å². The highest BCUT2D eigenvalue weighted by Crippen LogP contribution is 2.42. The number of carbonyl (C=O) groups is 2. The van der Waals surface area contributed by atoms with Gasteiger partial charge in [0.15, 0.2) is 5.82 Å². The fourth-order valence-electron chi connectivity index (χ4n) is 3.53. The molecule has 4 rings (SSSR count). The maximum atomic E-state index is 13.1. The minimum Gasteiger partial charge on any atom is -0.507 e. The summed E-state index contributed by atoms with van der Waals surface area (Å²) in [7, 11) is 0. The average molecular weight is 516 g/mol. The van der Waals surface area contributed by atoms with Crippen molar-refractivity contribution in [2.24, 2.45) is 0 Å². The van der Waals surface area contributed by atoms with Gasteiger partial charge in [-0.15, -0.1) is 0 Å². The van der Waals surface area contributed by atoms with Gasteiger partial charge < -0.3 is 9.63 Å². The quantitative estimate of drug-likeness (QED) is 0.262. The first-order chi connectivity index (χ1) is 15.1. The zero-order valence-corrected chi connectivity index (χ0v) is 19.9. The van der Waals surface area contributed by atoms with Gasteiger partial charge in [-0.3, -0.25) is 14.5 Å². The monoisotopic (exact) mass is 514 g/mol. The number of aliphatic hydroxyl groups is 1. The lowest BCUT2D eigenvalue weighted by Gasteiger charge is -2.23. The first-order valence-corrected chi connectivity index (χ1v) is 11.0. The molecule has 0 aliphatic carbocycles. The van der Waals surface area contributed by atoms with E-state index in [1.807, 2.05) is 20.8 Å². The van der Waals surface area contributed by atoms with Gasteiger partial charge in [-0.1, -0.05) is 77.7 Å². The van der Waals surface area contributed by atoms with Crippen LogP contribution in [0, 0.1) is 0 Å². The summed E-state index contributed by atoms with van der Waals surface area (Å²) in [6.07, 6.45) is 0. The predicted molar refractivity (Wildman–Crippen MR) is 126 cm³/mol. The molecule has 1 aliphatic rings. The minimum absolute atomic E-state index is 0.0278. The molecule has 1 unspecified atom stereocenters. The number of ketones is 1. The van der Waals surface area contributed by atoms with Gasteiger partial charge in [0.2, 0.25) is 0 Å². The zero-order chi connectivity index (χ0) is 23.2. The van der Waals surface area contributed by atoms with Gasteiger partial charge in [0.05, 0.1) is 11.6 Å². The summed E-state index contributed by atoms with van der Waals surface area (Å²) < 4.78 is 6.28. The first kappa shape index (κ1) is 22.3. The van der Waals surface area contributed by atoms with Crippen LogP contribution < -0.4 is 4.90 Å². The van der Waals surface area contributed by atoms with Crippen LogP contribution in [-0.2, 0) is 15.0 Å². The Balaban J connectivity index is 1.91. The third-order valence-electron chi connectivity index (χ3n) is 5.23. The van der Waals surface area contributed by atoms with Crippen LogP contribution in [-0.4, -0.2) is 22.0 Å². The lowest BCUT2D eigenvalue weighted by molar-refractivity contribution is -0.132. The molecule has 32 heavy (non-hydrogen) atoms. The highest BCUT2D eigenvalue weighted by atomic mass is 79.9. The molecule has 1 aromatic heterocycles. The Kier molecular flexibility index (Phi) is 5.73. The molecular formula is C24H20BrClN2O4. The van der Waals surface area contributed by atoms with Gasteiger partial charge in [0.25, 0.3) is 5.78 Å². The van der Waals surface area contributed by atoms with Crippen LogP contribution >= 0.6 is 27.5 Å². The minimum atomic E-state index is -0.895. The lowest BCUT2D eigenvalue weighted by Crippen LogP contribution is -2.29. The Morgan fingerprint density at radius 3 is 2.28 bits per heavy atom. The topological polar surface area (TPSA) is 83.6 Å². The third-order valence-corrected chi connectivity index (χ3v) is 6.01. The number of hydrogen-bond acceptors (Lipinski definition) is 5. The number of amides is 1. The standard InChI is InChI=1S/C24H20BrClN2O4/c1-24(2,3)17-12-18(27-32-17)28-20(13-6-10-16(26)11-7-13)19(22(30)23(28)31)21(29)14-4-8-15(25)9-5-14/h4-12,20,29H,1-3H3. The molecule has 1 amide bonds. The first-order valence-electron chi connectivity index (χ1n) is 9.87. The fraction of sp³-hybridized carbons (Fsp3) is 0.208. The van der Waals surface area contributed by atoms with Crippen LogP contribution in [0.3, 0.4) is 0 Å². The molecule has 8 heteroatoms.